The van der Waals surface area contributed by atoms with Crippen molar-refractivity contribution in [3.05, 3.63) is 24.5 Å². The second kappa shape index (κ2) is 4.91. The molecule has 1 aromatic rings. The Bertz CT molecular complexity index is 482. The first-order chi connectivity index (χ1) is 8.65. The molecule has 1 aromatic heterocycles. The Kier molecular flexibility index (Phi) is 3.31. The van der Waals surface area contributed by atoms with Gasteiger partial charge in [0.1, 0.15) is 12.6 Å². The lowest BCUT2D eigenvalue weighted by atomic mass is 10.0. The van der Waals surface area contributed by atoms with Crippen LogP contribution >= 0.6 is 0 Å². The number of H-pyrrole nitrogens is 1. The first-order valence-corrected chi connectivity index (χ1v) is 5.47. The number of hydrogen-bond donors (Lipinski definition) is 2. The maximum atomic E-state index is 11.9. The van der Waals surface area contributed by atoms with E-state index >= 15 is 0 Å². The number of fused-ring (bicyclic) bond motifs is 1. The van der Waals surface area contributed by atoms with Crippen molar-refractivity contribution in [3.63, 3.8) is 0 Å². The number of rotatable bonds is 3. The van der Waals surface area contributed by atoms with Gasteiger partial charge in [0.15, 0.2) is 0 Å². The fourth-order valence-corrected chi connectivity index (χ4v) is 1.94. The van der Waals surface area contributed by atoms with Crippen molar-refractivity contribution in [2.45, 2.75) is 18.9 Å². The van der Waals surface area contributed by atoms with E-state index in [4.69, 9.17) is 9.84 Å². The Labute approximate surface area is 103 Å². The molecule has 2 heterocycles. The highest BCUT2D eigenvalue weighted by Gasteiger charge is 2.37. The number of amides is 1. The SMILES string of the molecule is C=CCOC(=O)N1c2cn[nH]c2CCC1C(=O)O. The van der Waals surface area contributed by atoms with Gasteiger partial charge in [-0.15, -0.1) is 0 Å². The Balaban J connectivity index is 2.29. The highest BCUT2D eigenvalue weighted by atomic mass is 16.6. The van der Waals surface area contributed by atoms with Gasteiger partial charge < -0.3 is 9.84 Å². The summed E-state index contributed by atoms with van der Waals surface area (Å²) in [6.45, 7) is 3.47. The molecule has 0 radical (unpaired) electrons. The molecule has 0 saturated carbocycles. The van der Waals surface area contributed by atoms with Crippen molar-refractivity contribution in [3.8, 4) is 0 Å². The van der Waals surface area contributed by atoms with E-state index in [2.05, 4.69) is 16.8 Å². The van der Waals surface area contributed by atoms with E-state index in [9.17, 15) is 9.59 Å². The van der Waals surface area contributed by atoms with Crippen LogP contribution in [0.1, 0.15) is 12.1 Å². The Morgan fingerprint density at radius 3 is 3.17 bits per heavy atom. The van der Waals surface area contributed by atoms with Crippen LogP contribution in [0.15, 0.2) is 18.9 Å². The van der Waals surface area contributed by atoms with Gasteiger partial charge in [0.25, 0.3) is 0 Å². The summed E-state index contributed by atoms with van der Waals surface area (Å²) < 4.78 is 4.90. The molecule has 18 heavy (non-hydrogen) atoms. The van der Waals surface area contributed by atoms with Crippen LogP contribution in [0.2, 0.25) is 0 Å². The number of nitrogens with zero attached hydrogens (tertiary/aromatic N) is 2. The molecule has 0 bridgehead atoms. The van der Waals surface area contributed by atoms with Crippen LogP contribution in [0.3, 0.4) is 0 Å². The molecule has 2 N–H and O–H groups in total. The van der Waals surface area contributed by atoms with Crippen LogP contribution in [-0.2, 0) is 16.0 Å². The summed E-state index contributed by atoms with van der Waals surface area (Å²) in [7, 11) is 0. The number of aliphatic carboxylic acids is 1. The minimum absolute atomic E-state index is 0.0366. The summed E-state index contributed by atoms with van der Waals surface area (Å²) in [5.74, 6) is -1.06. The van der Waals surface area contributed by atoms with Crippen molar-refractivity contribution >= 4 is 17.7 Å². The summed E-state index contributed by atoms with van der Waals surface area (Å²) in [5.41, 5.74) is 1.20. The number of nitrogens with one attached hydrogen (secondary N) is 1. The van der Waals surface area contributed by atoms with E-state index in [1.165, 1.54) is 12.3 Å². The number of anilines is 1. The lowest BCUT2D eigenvalue weighted by Crippen LogP contribution is -2.48. The monoisotopic (exact) mass is 251 g/mol. The minimum Gasteiger partial charge on any atom is -0.480 e. The van der Waals surface area contributed by atoms with Crippen LogP contribution in [0.5, 0.6) is 0 Å². The summed E-state index contributed by atoms with van der Waals surface area (Å²) in [5, 5.41) is 15.7. The highest BCUT2D eigenvalue weighted by Crippen LogP contribution is 2.29. The Hall–Kier alpha value is -2.31. The van der Waals surface area contributed by atoms with Gasteiger partial charge in [-0.1, -0.05) is 12.7 Å². The topological polar surface area (TPSA) is 95.5 Å². The predicted octanol–water partition coefficient (Wildman–Crippen LogP) is 0.938. The molecule has 7 heteroatoms. The molecule has 0 aromatic carbocycles. The number of carboxylic acids is 1. The molecule has 2 rings (SSSR count). The number of carboxylic acid groups (broad SMARTS) is 1. The third-order valence-corrected chi connectivity index (χ3v) is 2.74. The van der Waals surface area contributed by atoms with Crippen molar-refractivity contribution in [1.82, 2.24) is 10.2 Å². The third kappa shape index (κ3) is 2.06. The van der Waals surface area contributed by atoms with E-state index in [1.54, 1.807) is 0 Å². The normalized spacial score (nSPS) is 18.0. The molecule has 1 aliphatic rings. The fourth-order valence-electron chi connectivity index (χ4n) is 1.94. The molecule has 0 aliphatic carbocycles. The van der Waals surface area contributed by atoms with E-state index < -0.39 is 18.1 Å². The van der Waals surface area contributed by atoms with Crippen LogP contribution < -0.4 is 4.90 Å². The van der Waals surface area contributed by atoms with Crippen LogP contribution in [-0.4, -0.2) is 40.0 Å². The number of ether oxygens (including phenoxy) is 1. The number of carbonyl (C=O) groups excluding carboxylic acids is 1. The summed E-state index contributed by atoms with van der Waals surface area (Å²) in [6.07, 6.45) is 3.02. The summed E-state index contributed by atoms with van der Waals surface area (Å²) in [6, 6.07) is -0.924. The zero-order valence-corrected chi connectivity index (χ0v) is 9.63. The van der Waals surface area contributed by atoms with Gasteiger partial charge in [-0.3, -0.25) is 10.00 Å². The lowest BCUT2D eigenvalue weighted by Gasteiger charge is -2.31. The fraction of sp³-hybridized carbons (Fsp3) is 0.364. The van der Waals surface area contributed by atoms with Crippen molar-refractivity contribution < 1.29 is 19.4 Å². The van der Waals surface area contributed by atoms with Crippen LogP contribution in [0.4, 0.5) is 10.5 Å². The van der Waals surface area contributed by atoms with E-state index in [0.717, 1.165) is 10.6 Å². The molecule has 0 saturated heterocycles. The van der Waals surface area contributed by atoms with E-state index in [-0.39, 0.29) is 6.61 Å². The molecule has 1 aliphatic heterocycles. The minimum atomic E-state index is -1.06. The number of aromatic nitrogens is 2. The van der Waals surface area contributed by atoms with Gasteiger partial charge in [0.2, 0.25) is 0 Å². The number of aryl methyl sites for hydroxylation is 1. The van der Waals surface area contributed by atoms with Gasteiger partial charge in [0.05, 0.1) is 17.6 Å². The van der Waals surface area contributed by atoms with Crippen molar-refractivity contribution in [1.29, 1.82) is 0 Å². The van der Waals surface area contributed by atoms with Gasteiger partial charge in [-0.05, 0) is 12.8 Å². The molecule has 1 amide bonds. The number of aromatic amines is 1. The molecular weight excluding hydrogens is 238 g/mol. The first-order valence-electron chi connectivity index (χ1n) is 5.47. The summed E-state index contributed by atoms with van der Waals surface area (Å²) >= 11 is 0. The quantitative estimate of drug-likeness (QED) is 0.779. The van der Waals surface area contributed by atoms with Crippen LogP contribution in [0, 0.1) is 0 Å². The zero-order valence-electron chi connectivity index (χ0n) is 9.63. The van der Waals surface area contributed by atoms with Gasteiger partial charge >= 0.3 is 12.1 Å². The average molecular weight is 251 g/mol. The summed E-state index contributed by atoms with van der Waals surface area (Å²) in [4.78, 5) is 24.2. The smallest absolute Gasteiger partial charge is 0.415 e. The molecular formula is C11H13N3O4. The highest BCUT2D eigenvalue weighted by molar-refractivity contribution is 5.96. The molecule has 0 fully saturated rings. The standard InChI is InChI=1S/C11H13N3O4/c1-2-5-18-11(17)14-8(10(15)16)4-3-7-9(14)6-12-13-7/h2,6,8H,1,3-5H2,(H,12,13)(H,15,16). The zero-order chi connectivity index (χ0) is 13.1. The molecule has 7 nitrogen and oxygen atoms in total. The molecule has 1 unspecified atom stereocenters. The van der Waals surface area contributed by atoms with Gasteiger partial charge in [-0.25, -0.2) is 9.59 Å². The molecule has 0 spiro atoms. The van der Waals surface area contributed by atoms with E-state index in [1.807, 2.05) is 0 Å². The Morgan fingerprint density at radius 1 is 1.72 bits per heavy atom. The van der Waals surface area contributed by atoms with E-state index in [0.29, 0.717) is 18.5 Å². The Morgan fingerprint density at radius 2 is 2.50 bits per heavy atom. The number of hydrogen-bond acceptors (Lipinski definition) is 4. The third-order valence-electron chi connectivity index (χ3n) is 2.74. The van der Waals surface area contributed by atoms with Crippen molar-refractivity contribution in [2.24, 2.45) is 0 Å². The largest absolute Gasteiger partial charge is 0.480 e. The maximum Gasteiger partial charge on any atom is 0.415 e. The molecule has 96 valence electrons. The maximum absolute atomic E-state index is 11.9. The number of carbonyl (C=O) groups is 2. The second-order valence-corrected chi connectivity index (χ2v) is 3.86. The van der Waals surface area contributed by atoms with Crippen molar-refractivity contribution in [2.75, 3.05) is 11.5 Å². The van der Waals surface area contributed by atoms with Crippen LogP contribution in [0.25, 0.3) is 0 Å². The second-order valence-electron chi connectivity index (χ2n) is 3.86. The first kappa shape index (κ1) is 12.2. The average Bonchev–Trinajstić information content (AvgIpc) is 2.82. The van der Waals surface area contributed by atoms with Gasteiger partial charge in [-0.2, -0.15) is 5.10 Å². The predicted molar refractivity (Wildman–Crippen MR) is 62.4 cm³/mol. The lowest BCUT2D eigenvalue weighted by molar-refractivity contribution is -0.138. The molecule has 1 atom stereocenters. The van der Waals surface area contributed by atoms with Gasteiger partial charge in [0, 0.05) is 0 Å².